The minimum absolute atomic E-state index is 0.103. The highest BCUT2D eigenvalue weighted by atomic mass is 16.2. The Balaban J connectivity index is 2.18. The van der Waals surface area contributed by atoms with Gasteiger partial charge in [-0.15, -0.1) is 0 Å². The predicted octanol–water partition coefficient (Wildman–Crippen LogP) is 2.53. The molecule has 1 N–H and O–H groups in total. The van der Waals surface area contributed by atoms with Gasteiger partial charge >= 0.3 is 0 Å². The fourth-order valence-corrected chi connectivity index (χ4v) is 2.23. The van der Waals surface area contributed by atoms with Gasteiger partial charge in [0.2, 0.25) is 0 Å². The zero-order chi connectivity index (χ0) is 13.0. The van der Waals surface area contributed by atoms with Crippen LogP contribution >= 0.6 is 0 Å². The first kappa shape index (κ1) is 12.9. The van der Waals surface area contributed by atoms with Gasteiger partial charge in [0.05, 0.1) is 5.56 Å². The Morgan fingerprint density at radius 3 is 2.72 bits per heavy atom. The van der Waals surface area contributed by atoms with Crippen LogP contribution in [0.4, 0.5) is 5.82 Å². The van der Waals surface area contributed by atoms with E-state index in [1.54, 1.807) is 6.20 Å². The van der Waals surface area contributed by atoms with Crippen molar-refractivity contribution >= 4 is 11.7 Å². The molecule has 0 atom stereocenters. The van der Waals surface area contributed by atoms with Crippen molar-refractivity contribution in [2.24, 2.45) is 0 Å². The van der Waals surface area contributed by atoms with E-state index in [1.807, 2.05) is 30.9 Å². The smallest absolute Gasteiger partial charge is 0.257 e. The summed E-state index contributed by atoms with van der Waals surface area (Å²) in [5, 5.41) is 3.23. The number of anilines is 1. The van der Waals surface area contributed by atoms with Gasteiger partial charge in [0.15, 0.2) is 0 Å². The molecule has 1 aliphatic rings. The molecule has 0 unspecified atom stereocenters. The van der Waals surface area contributed by atoms with Crippen molar-refractivity contribution in [1.29, 1.82) is 0 Å². The highest BCUT2D eigenvalue weighted by molar-refractivity contribution is 5.98. The number of hydrogen-bond donors (Lipinski definition) is 1. The molecule has 1 aromatic heterocycles. The van der Waals surface area contributed by atoms with Crippen molar-refractivity contribution in [2.45, 2.75) is 39.2 Å². The molecular formula is C14H21N3O. The average molecular weight is 247 g/mol. The maximum atomic E-state index is 12.4. The fourth-order valence-electron chi connectivity index (χ4n) is 2.23. The molecule has 4 heteroatoms. The van der Waals surface area contributed by atoms with Crippen molar-refractivity contribution in [2.75, 3.05) is 18.4 Å². The lowest BCUT2D eigenvalue weighted by Gasteiger charge is -2.27. The van der Waals surface area contributed by atoms with Crippen LogP contribution in [0.5, 0.6) is 0 Å². The molecule has 18 heavy (non-hydrogen) atoms. The molecular weight excluding hydrogens is 226 g/mol. The summed E-state index contributed by atoms with van der Waals surface area (Å²) in [5.74, 6) is 0.800. The second-order valence-electron chi connectivity index (χ2n) is 5.05. The molecule has 98 valence electrons. The van der Waals surface area contributed by atoms with Gasteiger partial charge in [-0.2, -0.15) is 0 Å². The predicted molar refractivity (Wildman–Crippen MR) is 72.8 cm³/mol. The quantitative estimate of drug-likeness (QED) is 0.892. The summed E-state index contributed by atoms with van der Waals surface area (Å²) >= 11 is 0. The minimum atomic E-state index is 0.103. The number of aromatic nitrogens is 1. The van der Waals surface area contributed by atoms with Crippen molar-refractivity contribution in [3.8, 4) is 0 Å². The van der Waals surface area contributed by atoms with E-state index in [0.29, 0.717) is 11.4 Å². The summed E-state index contributed by atoms with van der Waals surface area (Å²) in [6, 6.07) is 3.95. The lowest BCUT2D eigenvalue weighted by Crippen LogP contribution is -2.36. The molecule has 1 amide bonds. The third-order valence-corrected chi connectivity index (χ3v) is 3.11. The third kappa shape index (κ3) is 3.00. The second kappa shape index (κ2) is 5.85. The van der Waals surface area contributed by atoms with Crippen molar-refractivity contribution in [1.82, 2.24) is 9.88 Å². The summed E-state index contributed by atoms with van der Waals surface area (Å²) < 4.78 is 0. The Labute approximate surface area is 108 Å². The van der Waals surface area contributed by atoms with Gasteiger partial charge < -0.3 is 10.2 Å². The monoisotopic (exact) mass is 247 g/mol. The molecule has 1 aromatic rings. The fraction of sp³-hybridized carbons (Fsp3) is 0.571. The first-order valence-corrected chi connectivity index (χ1v) is 6.69. The Hall–Kier alpha value is -1.58. The van der Waals surface area contributed by atoms with Gasteiger partial charge in [0.1, 0.15) is 5.82 Å². The topological polar surface area (TPSA) is 45.2 Å². The summed E-state index contributed by atoms with van der Waals surface area (Å²) in [4.78, 5) is 18.7. The Morgan fingerprint density at radius 2 is 2.06 bits per heavy atom. The second-order valence-corrected chi connectivity index (χ2v) is 5.05. The highest BCUT2D eigenvalue weighted by Crippen LogP contribution is 2.18. The van der Waals surface area contributed by atoms with Gasteiger partial charge in [-0.25, -0.2) is 4.98 Å². The van der Waals surface area contributed by atoms with E-state index < -0.39 is 0 Å². The first-order chi connectivity index (χ1) is 8.68. The number of piperidine rings is 1. The summed E-state index contributed by atoms with van der Waals surface area (Å²) in [5.41, 5.74) is 0.688. The number of nitrogens with one attached hydrogen (secondary N) is 1. The van der Waals surface area contributed by atoms with E-state index in [2.05, 4.69) is 10.3 Å². The van der Waals surface area contributed by atoms with Crippen LogP contribution in [0.15, 0.2) is 18.3 Å². The van der Waals surface area contributed by atoms with E-state index >= 15 is 0 Å². The zero-order valence-electron chi connectivity index (χ0n) is 11.1. The molecule has 2 heterocycles. The first-order valence-electron chi connectivity index (χ1n) is 6.69. The highest BCUT2D eigenvalue weighted by Gasteiger charge is 2.21. The Kier molecular flexibility index (Phi) is 4.18. The van der Waals surface area contributed by atoms with E-state index in [4.69, 9.17) is 0 Å². The van der Waals surface area contributed by atoms with Crippen molar-refractivity contribution in [3.63, 3.8) is 0 Å². The van der Waals surface area contributed by atoms with Crippen LogP contribution in [-0.4, -0.2) is 34.9 Å². The molecule has 1 saturated heterocycles. The molecule has 0 bridgehead atoms. The summed E-state index contributed by atoms with van der Waals surface area (Å²) in [6.07, 6.45) is 5.17. The maximum Gasteiger partial charge on any atom is 0.257 e. The number of amides is 1. The van der Waals surface area contributed by atoms with Crippen LogP contribution in [0, 0.1) is 0 Å². The molecule has 0 aliphatic carbocycles. The minimum Gasteiger partial charge on any atom is -0.367 e. The number of likely N-dealkylation sites (tertiary alicyclic amines) is 1. The molecule has 0 saturated carbocycles. The van der Waals surface area contributed by atoms with Crippen LogP contribution in [-0.2, 0) is 0 Å². The Bertz CT molecular complexity index is 411. The normalized spacial score (nSPS) is 15.8. The molecule has 1 aliphatic heterocycles. The zero-order valence-corrected chi connectivity index (χ0v) is 11.1. The van der Waals surface area contributed by atoms with Gasteiger partial charge in [0, 0.05) is 25.3 Å². The van der Waals surface area contributed by atoms with Crippen LogP contribution in [0.25, 0.3) is 0 Å². The van der Waals surface area contributed by atoms with E-state index in [9.17, 15) is 4.79 Å². The van der Waals surface area contributed by atoms with Crippen molar-refractivity contribution < 1.29 is 4.79 Å². The van der Waals surface area contributed by atoms with Crippen LogP contribution in [0.2, 0.25) is 0 Å². The molecule has 2 rings (SSSR count). The van der Waals surface area contributed by atoms with Gasteiger partial charge in [0.25, 0.3) is 5.91 Å². The number of carbonyl (C=O) groups excluding carboxylic acids is 1. The van der Waals surface area contributed by atoms with Gasteiger partial charge in [-0.1, -0.05) is 0 Å². The lowest BCUT2D eigenvalue weighted by molar-refractivity contribution is 0.0725. The molecule has 1 fully saturated rings. The third-order valence-electron chi connectivity index (χ3n) is 3.11. The number of nitrogens with zero attached hydrogens (tertiary/aromatic N) is 2. The summed E-state index contributed by atoms with van der Waals surface area (Å²) in [6.45, 7) is 5.83. The SMILES string of the molecule is CC(C)Nc1ncccc1C(=O)N1CCCCC1. The van der Waals surface area contributed by atoms with Gasteiger partial charge in [-0.05, 0) is 45.2 Å². The van der Waals surface area contributed by atoms with Crippen LogP contribution in [0.3, 0.4) is 0 Å². The Morgan fingerprint density at radius 1 is 1.33 bits per heavy atom. The maximum absolute atomic E-state index is 12.4. The number of rotatable bonds is 3. The van der Waals surface area contributed by atoms with Crippen LogP contribution < -0.4 is 5.32 Å². The number of pyridine rings is 1. The summed E-state index contributed by atoms with van der Waals surface area (Å²) in [7, 11) is 0. The molecule has 4 nitrogen and oxygen atoms in total. The number of carbonyl (C=O) groups is 1. The average Bonchev–Trinajstić information content (AvgIpc) is 2.39. The molecule has 0 spiro atoms. The largest absolute Gasteiger partial charge is 0.367 e. The van der Waals surface area contributed by atoms with E-state index in [1.165, 1.54) is 6.42 Å². The molecule has 0 radical (unpaired) electrons. The van der Waals surface area contributed by atoms with Gasteiger partial charge in [-0.3, -0.25) is 4.79 Å². The molecule has 0 aromatic carbocycles. The number of hydrogen-bond acceptors (Lipinski definition) is 3. The van der Waals surface area contributed by atoms with E-state index in [-0.39, 0.29) is 11.9 Å². The van der Waals surface area contributed by atoms with Crippen LogP contribution in [0.1, 0.15) is 43.5 Å². The standard InChI is InChI=1S/C14H21N3O/c1-11(2)16-13-12(7-6-8-15-13)14(18)17-9-4-3-5-10-17/h6-8,11H,3-5,9-10H2,1-2H3,(H,15,16). The van der Waals surface area contributed by atoms with E-state index in [0.717, 1.165) is 25.9 Å². The lowest BCUT2D eigenvalue weighted by atomic mass is 10.1. The van der Waals surface area contributed by atoms with Crippen molar-refractivity contribution in [3.05, 3.63) is 23.9 Å².